The fraction of sp³-hybridized carbons (Fsp3) is 0.545. The van der Waals surface area contributed by atoms with E-state index < -0.39 is 0 Å². The first-order valence-electron chi connectivity index (χ1n) is 5.18. The molecule has 0 bridgehead atoms. The Kier molecular flexibility index (Phi) is 3.36. The molecule has 4 heteroatoms. The van der Waals surface area contributed by atoms with Crippen molar-refractivity contribution in [1.29, 1.82) is 0 Å². The van der Waals surface area contributed by atoms with Crippen molar-refractivity contribution < 1.29 is 0 Å². The molecule has 1 fully saturated rings. The number of rotatable bonds is 2. The molecule has 0 aliphatic heterocycles. The number of hydrogen-bond donors (Lipinski definition) is 1. The van der Waals surface area contributed by atoms with Gasteiger partial charge in [-0.3, -0.25) is 0 Å². The van der Waals surface area contributed by atoms with Crippen molar-refractivity contribution in [3.63, 3.8) is 0 Å². The monoisotopic (exact) mass is 332 g/mol. The van der Waals surface area contributed by atoms with Crippen LogP contribution >= 0.6 is 31.9 Å². The van der Waals surface area contributed by atoms with E-state index in [9.17, 15) is 0 Å². The zero-order valence-corrected chi connectivity index (χ0v) is 11.9. The summed E-state index contributed by atoms with van der Waals surface area (Å²) >= 11 is 6.93. The third kappa shape index (κ3) is 2.72. The second-order valence-corrected chi connectivity index (χ2v) is 6.15. The zero-order chi connectivity index (χ0) is 10.9. The minimum absolute atomic E-state index is 0.226. The molecule has 15 heavy (non-hydrogen) atoms. The molecule has 0 saturated heterocycles. The van der Waals surface area contributed by atoms with Crippen molar-refractivity contribution in [2.75, 3.05) is 5.32 Å². The fourth-order valence-corrected chi connectivity index (χ4v) is 3.16. The van der Waals surface area contributed by atoms with Gasteiger partial charge in [0.05, 0.1) is 4.47 Å². The molecule has 0 atom stereocenters. The molecule has 1 aliphatic carbocycles. The van der Waals surface area contributed by atoms with E-state index in [2.05, 4.69) is 49.1 Å². The molecule has 0 amide bonds. The molecule has 1 aromatic heterocycles. The maximum atomic E-state index is 4.38. The zero-order valence-electron chi connectivity index (χ0n) is 8.69. The van der Waals surface area contributed by atoms with Crippen LogP contribution in [-0.4, -0.2) is 10.5 Å². The van der Waals surface area contributed by atoms with Gasteiger partial charge >= 0.3 is 0 Å². The Bertz CT molecular complexity index is 360. The Morgan fingerprint density at radius 1 is 1.33 bits per heavy atom. The largest absolute Gasteiger partial charge is 0.364 e. The van der Waals surface area contributed by atoms with Crippen molar-refractivity contribution in [3.8, 4) is 0 Å². The van der Waals surface area contributed by atoms with Crippen LogP contribution in [0.1, 0.15) is 32.6 Å². The summed E-state index contributed by atoms with van der Waals surface area (Å²) in [4.78, 5) is 4.38. The van der Waals surface area contributed by atoms with Gasteiger partial charge in [-0.1, -0.05) is 12.8 Å². The molecule has 1 aromatic rings. The highest BCUT2D eigenvalue weighted by Crippen LogP contribution is 2.34. The van der Waals surface area contributed by atoms with E-state index in [-0.39, 0.29) is 5.54 Å². The van der Waals surface area contributed by atoms with Gasteiger partial charge in [-0.15, -0.1) is 0 Å². The van der Waals surface area contributed by atoms with Crippen molar-refractivity contribution in [3.05, 3.63) is 21.2 Å². The number of aromatic nitrogens is 1. The molecule has 0 radical (unpaired) electrons. The highest BCUT2D eigenvalue weighted by atomic mass is 79.9. The first kappa shape index (κ1) is 11.4. The van der Waals surface area contributed by atoms with E-state index >= 15 is 0 Å². The van der Waals surface area contributed by atoms with Gasteiger partial charge in [0.25, 0.3) is 0 Å². The Morgan fingerprint density at radius 2 is 2.00 bits per heavy atom. The lowest BCUT2D eigenvalue weighted by Crippen LogP contribution is -2.31. The van der Waals surface area contributed by atoms with Gasteiger partial charge in [0, 0.05) is 16.2 Å². The quantitative estimate of drug-likeness (QED) is 0.870. The van der Waals surface area contributed by atoms with E-state index in [1.54, 1.807) is 0 Å². The van der Waals surface area contributed by atoms with Crippen LogP contribution in [0, 0.1) is 0 Å². The van der Waals surface area contributed by atoms with Crippen molar-refractivity contribution in [2.24, 2.45) is 0 Å². The molecule has 1 heterocycles. The average molecular weight is 334 g/mol. The Labute approximate surface area is 107 Å². The summed E-state index contributed by atoms with van der Waals surface area (Å²) < 4.78 is 2.02. The van der Waals surface area contributed by atoms with Crippen LogP contribution in [-0.2, 0) is 0 Å². The molecular weight excluding hydrogens is 320 g/mol. The number of anilines is 1. The molecule has 1 N–H and O–H groups in total. The van der Waals surface area contributed by atoms with Crippen LogP contribution in [0.5, 0.6) is 0 Å². The predicted octanol–water partition coefficient (Wildman–Crippen LogP) is 4.35. The molecule has 2 nitrogen and oxygen atoms in total. The summed E-state index contributed by atoms with van der Waals surface area (Å²) in [6.45, 7) is 2.27. The molecule has 1 aliphatic rings. The first-order valence-corrected chi connectivity index (χ1v) is 6.77. The van der Waals surface area contributed by atoms with E-state index in [4.69, 9.17) is 0 Å². The summed E-state index contributed by atoms with van der Waals surface area (Å²) in [5.74, 6) is 0.947. The third-order valence-electron chi connectivity index (χ3n) is 2.94. The van der Waals surface area contributed by atoms with Gasteiger partial charge in [0.15, 0.2) is 0 Å². The van der Waals surface area contributed by atoms with Crippen molar-refractivity contribution in [2.45, 2.75) is 38.1 Å². The number of nitrogens with zero attached hydrogens (tertiary/aromatic N) is 1. The lowest BCUT2D eigenvalue weighted by atomic mass is 10.0. The van der Waals surface area contributed by atoms with Crippen LogP contribution in [0.4, 0.5) is 5.82 Å². The van der Waals surface area contributed by atoms with Crippen LogP contribution in [0.15, 0.2) is 21.2 Å². The second-order valence-electron chi connectivity index (χ2n) is 4.38. The third-order valence-corrected chi connectivity index (χ3v) is 3.97. The lowest BCUT2D eigenvalue weighted by Gasteiger charge is -2.26. The molecule has 0 aromatic carbocycles. The Hall–Kier alpha value is -0.0900. The van der Waals surface area contributed by atoms with Crippen LogP contribution < -0.4 is 5.32 Å². The molecule has 82 valence electrons. The van der Waals surface area contributed by atoms with Crippen molar-refractivity contribution in [1.82, 2.24) is 4.98 Å². The van der Waals surface area contributed by atoms with Gasteiger partial charge in [-0.25, -0.2) is 4.98 Å². The number of nitrogens with one attached hydrogen (secondary N) is 1. The Morgan fingerprint density at radius 3 is 2.60 bits per heavy atom. The highest BCUT2D eigenvalue weighted by molar-refractivity contribution is 9.11. The SMILES string of the molecule is CC1(Nc2ncc(Br)cc2Br)CCCC1. The summed E-state index contributed by atoms with van der Waals surface area (Å²) in [5, 5.41) is 3.53. The summed E-state index contributed by atoms with van der Waals surface area (Å²) in [6, 6.07) is 2.02. The van der Waals surface area contributed by atoms with E-state index in [0.29, 0.717) is 0 Å². The number of hydrogen-bond acceptors (Lipinski definition) is 2. The van der Waals surface area contributed by atoms with Gasteiger partial charge < -0.3 is 5.32 Å². The molecular formula is C11H14Br2N2. The summed E-state index contributed by atoms with van der Waals surface area (Å²) in [7, 11) is 0. The van der Waals surface area contributed by atoms with Gasteiger partial charge in [-0.2, -0.15) is 0 Å². The smallest absolute Gasteiger partial charge is 0.140 e. The van der Waals surface area contributed by atoms with Crippen LogP contribution in [0.2, 0.25) is 0 Å². The summed E-state index contributed by atoms with van der Waals surface area (Å²) in [5.41, 5.74) is 0.226. The molecule has 0 unspecified atom stereocenters. The topological polar surface area (TPSA) is 24.9 Å². The van der Waals surface area contributed by atoms with Crippen LogP contribution in [0.3, 0.4) is 0 Å². The minimum atomic E-state index is 0.226. The van der Waals surface area contributed by atoms with Gasteiger partial charge in [0.1, 0.15) is 5.82 Å². The molecule has 2 rings (SSSR count). The van der Waals surface area contributed by atoms with Gasteiger partial charge in [0.2, 0.25) is 0 Å². The molecule has 1 saturated carbocycles. The fourth-order valence-electron chi connectivity index (χ4n) is 2.07. The van der Waals surface area contributed by atoms with Gasteiger partial charge in [-0.05, 0) is 57.7 Å². The van der Waals surface area contributed by atoms with E-state index in [1.165, 1.54) is 25.7 Å². The lowest BCUT2D eigenvalue weighted by molar-refractivity contribution is 0.530. The maximum absolute atomic E-state index is 4.38. The van der Waals surface area contributed by atoms with Crippen LogP contribution in [0.25, 0.3) is 0 Å². The van der Waals surface area contributed by atoms with E-state index in [0.717, 1.165) is 14.8 Å². The minimum Gasteiger partial charge on any atom is -0.364 e. The predicted molar refractivity (Wildman–Crippen MR) is 70.1 cm³/mol. The maximum Gasteiger partial charge on any atom is 0.140 e. The number of halogens is 2. The first-order chi connectivity index (χ1) is 7.09. The average Bonchev–Trinajstić information content (AvgIpc) is 2.58. The standard InChI is InChI=1S/C11H14Br2N2/c1-11(4-2-3-5-11)15-10-9(13)6-8(12)7-14-10/h6-7H,2-5H2,1H3,(H,14,15). The number of pyridine rings is 1. The molecule has 0 spiro atoms. The Balaban J connectivity index is 2.16. The summed E-state index contributed by atoms with van der Waals surface area (Å²) in [6.07, 6.45) is 6.93. The van der Waals surface area contributed by atoms with Crippen molar-refractivity contribution >= 4 is 37.7 Å². The second kappa shape index (κ2) is 4.42. The highest BCUT2D eigenvalue weighted by Gasteiger charge is 2.29. The van der Waals surface area contributed by atoms with E-state index in [1.807, 2.05) is 12.3 Å². The normalized spacial score (nSPS) is 19.1.